The third-order valence-electron chi connectivity index (χ3n) is 6.20. The molecule has 0 unspecified atom stereocenters. The molecule has 1 heterocycles. The summed E-state index contributed by atoms with van der Waals surface area (Å²) in [6.07, 6.45) is 2.52. The van der Waals surface area contributed by atoms with E-state index in [2.05, 4.69) is 12.1 Å². The van der Waals surface area contributed by atoms with E-state index in [1.54, 1.807) is 0 Å². The summed E-state index contributed by atoms with van der Waals surface area (Å²) < 4.78 is 0. The lowest BCUT2D eigenvalue weighted by molar-refractivity contribution is -0.122. The fourth-order valence-electron chi connectivity index (χ4n) is 4.85. The molecule has 3 aromatic carbocycles. The Morgan fingerprint density at radius 3 is 2.26 bits per heavy atom. The van der Waals surface area contributed by atoms with Crippen LogP contribution in [-0.2, 0) is 9.59 Å². The highest BCUT2D eigenvalue weighted by Crippen LogP contribution is 2.46. The van der Waals surface area contributed by atoms with E-state index in [-0.39, 0.29) is 23.7 Å². The maximum absolute atomic E-state index is 13.3. The first-order valence-electron chi connectivity index (χ1n) is 9.64. The lowest BCUT2D eigenvalue weighted by atomic mass is 9.73. The van der Waals surface area contributed by atoms with Crippen molar-refractivity contribution >= 4 is 28.3 Å². The fraction of sp³-hybridized carbons (Fsp3) is 0.250. The molecule has 3 heteroatoms. The Hall–Kier alpha value is -2.94. The monoisotopic (exact) mass is 355 g/mol. The molecule has 0 spiro atoms. The first kappa shape index (κ1) is 16.2. The van der Waals surface area contributed by atoms with Gasteiger partial charge in [0.15, 0.2) is 0 Å². The molecule has 1 aliphatic heterocycles. The number of anilines is 1. The highest BCUT2D eigenvalue weighted by Gasteiger charge is 2.50. The Morgan fingerprint density at radius 2 is 1.41 bits per heavy atom. The molecule has 1 aliphatic carbocycles. The van der Waals surface area contributed by atoms with Gasteiger partial charge < -0.3 is 0 Å². The number of hydrogen-bond acceptors (Lipinski definition) is 2. The smallest absolute Gasteiger partial charge is 0.237 e. The molecule has 0 aromatic heterocycles. The van der Waals surface area contributed by atoms with Gasteiger partial charge in [0.25, 0.3) is 0 Å². The summed E-state index contributed by atoms with van der Waals surface area (Å²) in [4.78, 5) is 27.9. The summed E-state index contributed by atoms with van der Waals surface area (Å²) in [7, 11) is 0. The van der Waals surface area contributed by atoms with E-state index in [4.69, 9.17) is 0 Å². The van der Waals surface area contributed by atoms with Crippen LogP contribution in [0, 0.1) is 11.8 Å². The van der Waals surface area contributed by atoms with Crippen molar-refractivity contribution in [2.45, 2.75) is 25.2 Å². The minimum absolute atomic E-state index is 0.0205. The average Bonchev–Trinajstić information content (AvgIpc) is 2.98. The maximum atomic E-state index is 13.3. The van der Waals surface area contributed by atoms with E-state index in [0.29, 0.717) is 5.92 Å². The minimum Gasteiger partial charge on any atom is -0.274 e. The second-order valence-electron chi connectivity index (χ2n) is 7.64. The predicted molar refractivity (Wildman–Crippen MR) is 106 cm³/mol. The molecule has 27 heavy (non-hydrogen) atoms. The number of benzene rings is 3. The van der Waals surface area contributed by atoms with E-state index in [1.807, 2.05) is 60.7 Å². The number of imide groups is 1. The van der Waals surface area contributed by atoms with E-state index in [9.17, 15) is 9.59 Å². The van der Waals surface area contributed by atoms with Crippen molar-refractivity contribution in [2.75, 3.05) is 4.90 Å². The normalized spacial score (nSPS) is 25.0. The standard InChI is InChI=1S/C24H21NO2/c26-23-20-14-13-18(16-7-2-1-3-8-16)15-21(20)24(27)25(23)22-12-6-10-17-9-4-5-11-19(17)22/h1-12,18,20-21H,13-15H2/t18-,20-,21+/m0/s1. The first-order valence-corrected chi connectivity index (χ1v) is 9.64. The van der Waals surface area contributed by atoms with Gasteiger partial charge in [-0.15, -0.1) is 0 Å². The van der Waals surface area contributed by atoms with Crippen LogP contribution in [0.4, 0.5) is 5.69 Å². The van der Waals surface area contributed by atoms with Crippen molar-refractivity contribution in [3.63, 3.8) is 0 Å². The number of rotatable bonds is 2. The third kappa shape index (κ3) is 2.57. The summed E-state index contributed by atoms with van der Waals surface area (Å²) in [5.41, 5.74) is 2.01. The lowest BCUT2D eigenvalue weighted by Crippen LogP contribution is -2.31. The number of nitrogens with zero attached hydrogens (tertiary/aromatic N) is 1. The Balaban J connectivity index is 1.50. The minimum atomic E-state index is -0.199. The van der Waals surface area contributed by atoms with Gasteiger partial charge in [-0.3, -0.25) is 9.59 Å². The van der Waals surface area contributed by atoms with E-state index < -0.39 is 0 Å². The van der Waals surface area contributed by atoms with Crippen LogP contribution in [0.25, 0.3) is 10.8 Å². The summed E-state index contributed by atoms with van der Waals surface area (Å²) in [6, 6.07) is 24.1. The quantitative estimate of drug-likeness (QED) is 0.612. The molecule has 1 saturated carbocycles. The molecule has 3 nitrogen and oxygen atoms in total. The Kier molecular flexibility index (Phi) is 3.82. The molecular formula is C24H21NO2. The second kappa shape index (κ2) is 6.34. The average molecular weight is 355 g/mol. The maximum Gasteiger partial charge on any atom is 0.237 e. The topological polar surface area (TPSA) is 37.4 Å². The van der Waals surface area contributed by atoms with Gasteiger partial charge in [0.05, 0.1) is 17.5 Å². The van der Waals surface area contributed by atoms with Crippen molar-refractivity contribution in [1.29, 1.82) is 0 Å². The van der Waals surface area contributed by atoms with Gasteiger partial charge in [0, 0.05) is 5.39 Å². The second-order valence-corrected chi connectivity index (χ2v) is 7.64. The highest BCUT2D eigenvalue weighted by molar-refractivity contribution is 6.25. The van der Waals surface area contributed by atoms with Crippen LogP contribution < -0.4 is 4.90 Å². The van der Waals surface area contributed by atoms with E-state index in [0.717, 1.165) is 35.7 Å². The van der Waals surface area contributed by atoms with Crippen molar-refractivity contribution in [3.8, 4) is 0 Å². The summed E-state index contributed by atoms with van der Waals surface area (Å²) in [6.45, 7) is 0. The van der Waals surface area contributed by atoms with Crippen LogP contribution in [0.3, 0.4) is 0 Å². The number of carbonyl (C=O) groups is 2. The molecule has 134 valence electrons. The van der Waals surface area contributed by atoms with Gasteiger partial charge in [-0.05, 0) is 42.2 Å². The summed E-state index contributed by atoms with van der Waals surface area (Å²) in [5, 5.41) is 2.01. The van der Waals surface area contributed by atoms with E-state index in [1.165, 1.54) is 10.5 Å². The molecule has 3 atom stereocenters. The van der Waals surface area contributed by atoms with E-state index >= 15 is 0 Å². The molecule has 1 saturated heterocycles. The van der Waals surface area contributed by atoms with Gasteiger partial charge >= 0.3 is 0 Å². The fourth-order valence-corrected chi connectivity index (χ4v) is 4.85. The van der Waals surface area contributed by atoms with Crippen molar-refractivity contribution in [1.82, 2.24) is 0 Å². The number of amides is 2. The van der Waals surface area contributed by atoms with Crippen molar-refractivity contribution in [2.24, 2.45) is 11.8 Å². The zero-order valence-corrected chi connectivity index (χ0v) is 15.0. The largest absolute Gasteiger partial charge is 0.274 e. The molecule has 0 N–H and O–H groups in total. The molecule has 0 bridgehead atoms. The van der Waals surface area contributed by atoms with Crippen LogP contribution in [-0.4, -0.2) is 11.8 Å². The van der Waals surface area contributed by atoms with Gasteiger partial charge in [0.2, 0.25) is 11.8 Å². The zero-order chi connectivity index (χ0) is 18.4. The molecular weight excluding hydrogens is 334 g/mol. The van der Waals surface area contributed by atoms with Crippen LogP contribution in [0.15, 0.2) is 72.8 Å². The zero-order valence-electron chi connectivity index (χ0n) is 15.0. The molecule has 3 aromatic rings. The lowest BCUT2D eigenvalue weighted by Gasteiger charge is -2.28. The SMILES string of the molecule is O=C1[C@H]2CC[C@H](c3ccccc3)C[C@H]2C(=O)N1c1cccc2ccccc12. The van der Waals surface area contributed by atoms with Crippen LogP contribution in [0.5, 0.6) is 0 Å². The van der Waals surface area contributed by atoms with Crippen molar-refractivity contribution < 1.29 is 9.59 Å². The Labute approximate surface area is 158 Å². The summed E-state index contributed by atoms with van der Waals surface area (Å²) in [5.74, 6) is -0.0571. The van der Waals surface area contributed by atoms with Gasteiger partial charge in [-0.1, -0.05) is 66.7 Å². The molecule has 2 fully saturated rings. The van der Waals surface area contributed by atoms with Crippen LogP contribution in [0.1, 0.15) is 30.7 Å². The van der Waals surface area contributed by atoms with Gasteiger partial charge in [-0.25, -0.2) is 4.90 Å². The predicted octanol–water partition coefficient (Wildman–Crippen LogP) is 4.91. The summed E-state index contributed by atoms with van der Waals surface area (Å²) >= 11 is 0. The van der Waals surface area contributed by atoms with Gasteiger partial charge in [0.1, 0.15) is 0 Å². The Bertz CT molecular complexity index is 1020. The molecule has 2 amide bonds. The Morgan fingerprint density at radius 1 is 0.704 bits per heavy atom. The van der Waals surface area contributed by atoms with Crippen LogP contribution in [0.2, 0.25) is 0 Å². The highest BCUT2D eigenvalue weighted by atomic mass is 16.2. The molecule has 5 rings (SSSR count). The molecule has 2 aliphatic rings. The van der Waals surface area contributed by atoms with Crippen LogP contribution >= 0.6 is 0 Å². The molecule has 0 radical (unpaired) electrons. The number of carbonyl (C=O) groups excluding carboxylic acids is 2. The van der Waals surface area contributed by atoms with Crippen molar-refractivity contribution in [3.05, 3.63) is 78.4 Å². The van der Waals surface area contributed by atoms with Gasteiger partial charge in [-0.2, -0.15) is 0 Å². The first-order chi connectivity index (χ1) is 13.2. The number of fused-ring (bicyclic) bond motifs is 2. The third-order valence-corrected chi connectivity index (χ3v) is 6.20. The number of hydrogen-bond donors (Lipinski definition) is 0.